The summed E-state index contributed by atoms with van der Waals surface area (Å²) in [5.74, 6) is 0.450. The molecule has 0 radical (unpaired) electrons. The molecule has 12 nitrogen and oxygen atoms in total. The largest absolute Gasteiger partial charge is 0.497 e. The average molecular weight is 659 g/mol. The molecule has 0 aliphatic carbocycles. The molecule has 5 rings (SSSR count). The van der Waals surface area contributed by atoms with E-state index in [1.54, 1.807) is 42.3 Å². The molecule has 246 valence electrons. The van der Waals surface area contributed by atoms with Gasteiger partial charge in [-0.05, 0) is 46.4 Å². The van der Waals surface area contributed by atoms with Gasteiger partial charge in [0, 0.05) is 0 Å². The van der Waals surface area contributed by atoms with Crippen LogP contribution in [0.4, 0.5) is 0 Å². The minimum absolute atomic E-state index is 0.0762. The Labute approximate surface area is 267 Å². The lowest BCUT2D eigenvalue weighted by molar-refractivity contribution is -0.0591. The SMILES string of the molecule is COc1ccc(C(=O)O[C@H]2[C@@H]3O[Si](C(C)C)(C(C)C)O[Si](C(C)C)(C(C)C)OC[C@H]3O[C@H]2n2cnc3c(OC)ncnc32)cc1. The van der Waals surface area contributed by atoms with Crippen molar-refractivity contribution in [2.24, 2.45) is 0 Å². The molecule has 0 saturated carbocycles. The molecule has 45 heavy (non-hydrogen) atoms. The van der Waals surface area contributed by atoms with Crippen LogP contribution in [0.5, 0.6) is 11.6 Å². The second kappa shape index (κ2) is 13.1. The molecule has 2 saturated heterocycles. The van der Waals surface area contributed by atoms with Crippen LogP contribution in [0.25, 0.3) is 11.2 Å². The number of carbonyl (C=O) groups excluding carboxylic acids is 1. The van der Waals surface area contributed by atoms with Crippen molar-refractivity contribution in [1.29, 1.82) is 0 Å². The predicted molar refractivity (Wildman–Crippen MR) is 172 cm³/mol. The zero-order valence-corrected chi connectivity index (χ0v) is 29.8. The van der Waals surface area contributed by atoms with Crippen LogP contribution in [-0.2, 0) is 22.4 Å². The molecule has 2 aliphatic rings. The summed E-state index contributed by atoms with van der Waals surface area (Å²) in [4.78, 5) is 26.9. The average Bonchev–Trinajstić information content (AvgIpc) is 3.57. The normalized spacial score (nSPS) is 24.6. The van der Waals surface area contributed by atoms with Gasteiger partial charge in [0.1, 0.15) is 24.3 Å². The topological polar surface area (TPSA) is 125 Å². The van der Waals surface area contributed by atoms with Crippen molar-refractivity contribution in [2.75, 3.05) is 20.8 Å². The third kappa shape index (κ3) is 5.92. The van der Waals surface area contributed by atoms with E-state index in [0.717, 1.165) is 0 Å². The van der Waals surface area contributed by atoms with Crippen molar-refractivity contribution in [3.05, 3.63) is 42.5 Å². The number of rotatable bonds is 9. The summed E-state index contributed by atoms with van der Waals surface area (Å²) >= 11 is 0. The fourth-order valence-electron chi connectivity index (χ4n) is 6.56. The maximum absolute atomic E-state index is 13.7. The highest BCUT2D eigenvalue weighted by atomic mass is 28.5. The monoisotopic (exact) mass is 658 g/mol. The van der Waals surface area contributed by atoms with E-state index in [1.165, 1.54) is 13.4 Å². The zero-order chi connectivity index (χ0) is 32.7. The first-order valence-corrected chi connectivity index (χ1v) is 19.6. The number of ether oxygens (including phenoxy) is 4. The van der Waals surface area contributed by atoms with Crippen molar-refractivity contribution in [3.63, 3.8) is 0 Å². The van der Waals surface area contributed by atoms with Gasteiger partial charge in [-0.3, -0.25) is 4.57 Å². The number of carbonyl (C=O) groups is 1. The quantitative estimate of drug-likeness (QED) is 0.201. The summed E-state index contributed by atoms with van der Waals surface area (Å²) in [6.07, 6.45) is 0.0713. The molecule has 2 aliphatic heterocycles. The van der Waals surface area contributed by atoms with Crippen molar-refractivity contribution < 1.29 is 36.7 Å². The standard InChI is InChI=1S/C31H46N4O8Si2/c1-18(2)44(19(3)4)39-15-24-26(42-45(43-44,20(5)6)21(7)8)27(41-31(36)22-11-13-23(37-9)14-12-22)30(40-24)35-17-34-25-28(35)32-16-33-29(25)38-10/h11-14,16-21,24,26-27,30H,15H2,1-10H3/t24-,26-,27+,30-/m1/s1. The van der Waals surface area contributed by atoms with Crippen molar-refractivity contribution >= 4 is 34.3 Å². The highest BCUT2D eigenvalue weighted by Crippen LogP contribution is 2.49. The van der Waals surface area contributed by atoms with Crippen LogP contribution in [0.3, 0.4) is 0 Å². The number of fused-ring (bicyclic) bond motifs is 2. The molecule has 3 aromatic rings. The molecule has 4 atom stereocenters. The number of esters is 1. The Kier molecular flexibility index (Phi) is 9.73. The number of aromatic nitrogens is 4. The Morgan fingerprint density at radius 2 is 1.53 bits per heavy atom. The first-order valence-electron chi connectivity index (χ1n) is 15.6. The fourth-order valence-corrected chi connectivity index (χ4v) is 17.8. The number of nitrogens with zero attached hydrogens (tertiary/aromatic N) is 4. The summed E-state index contributed by atoms with van der Waals surface area (Å²) in [5.41, 5.74) is 1.81. The van der Waals surface area contributed by atoms with Gasteiger partial charge in [-0.1, -0.05) is 55.4 Å². The van der Waals surface area contributed by atoms with E-state index >= 15 is 0 Å². The van der Waals surface area contributed by atoms with E-state index in [0.29, 0.717) is 28.4 Å². The summed E-state index contributed by atoms with van der Waals surface area (Å²) in [6, 6.07) is 6.79. The van der Waals surface area contributed by atoms with E-state index in [-0.39, 0.29) is 28.8 Å². The molecular weight excluding hydrogens is 613 g/mol. The van der Waals surface area contributed by atoms with Crippen LogP contribution >= 0.6 is 0 Å². The van der Waals surface area contributed by atoms with Crippen molar-refractivity contribution in [3.8, 4) is 11.6 Å². The first kappa shape index (κ1) is 33.5. The minimum Gasteiger partial charge on any atom is -0.497 e. The van der Waals surface area contributed by atoms with Crippen LogP contribution in [0, 0.1) is 0 Å². The Balaban J connectivity index is 1.63. The van der Waals surface area contributed by atoms with Gasteiger partial charge < -0.3 is 31.9 Å². The first-order chi connectivity index (χ1) is 21.4. The van der Waals surface area contributed by atoms with E-state index in [1.807, 2.05) is 0 Å². The van der Waals surface area contributed by atoms with Crippen LogP contribution in [0.1, 0.15) is 72.0 Å². The molecule has 0 N–H and O–H groups in total. The molecule has 14 heteroatoms. The van der Waals surface area contributed by atoms with Crippen LogP contribution in [0.2, 0.25) is 22.2 Å². The number of hydrogen-bond donors (Lipinski definition) is 0. The van der Waals surface area contributed by atoms with E-state index in [2.05, 4.69) is 70.3 Å². The van der Waals surface area contributed by atoms with E-state index in [4.69, 9.17) is 31.9 Å². The Morgan fingerprint density at radius 1 is 0.889 bits per heavy atom. The fraction of sp³-hybridized carbons (Fsp3) is 0.613. The van der Waals surface area contributed by atoms with Gasteiger partial charge in [0.25, 0.3) is 0 Å². The lowest BCUT2D eigenvalue weighted by Crippen LogP contribution is -2.66. The predicted octanol–water partition coefficient (Wildman–Crippen LogP) is 5.92. The van der Waals surface area contributed by atoms with Crippen LogP contribution in [0.15, 0.2) is 36.9 Å². The molecule has 2 fully saturated rings. The van der Waals surface area contributed by atoms with Crippen molar-refractivity contribution in [1.82, 2.24) is 19.5 Å². The summed E-state index contributed by atoms with van der Waals surface area (Å²) in [5, 5.41) is 0. The van der Waals surface area contributed by atoms with Gasteiger partial charge in [0.05, 0.1) is 32.7 Å². The van der Waals surface area contributed by atoms with Gasteiger partial charge in [0.2, 0.25) is 5.88 Å². The Hall–Kier alpha value is -2.89. The molecule has 1 aromatic carbocycles. The number of imidazole rings is 1. The maximum atomic E-state index is 13.7. The van der Waals surface area contributed by atoms with Gasteiger partial charge in [-0.2, -0.15) is 4.98 Å². The van der Waals surface area contributed by atoms with Crippen LogP contribution < -0.4 is 9.47 Å². The summed E-state index contributed by atoms with van der Waals surface area (Å²) in [6.45, 7) is 17.5. The van der Waals surface area contributed by atoms with E-state index < -0.39 is 47.6 Å². The highest BCUT2D eigenvalue weighted by Gasteiger charge is 2.62. The van der Waals surface area contributed by atoms with Crippen molar-refractivity contribution in [2.45, 2.75) is 102 Å². The van der Waals surface area contributed by atoms with Crippen LogP contribution in [-0.4, -0.2) is 81.7 Å². The maximum Gasteiger partial charge on any atom is 0.338 e. The molecule has 0 bridgehead atoms. The highest BCUT2D eigenvalue weighted by molar-refractivity contribution is 6.84. The summed E-state index contributed by atoms with van der Waals surface area (Å²) in [7, 11) is -2.77. The van der Waals surface area contributed by atoms with Gasteiger partial charge in [0.15, 0.2) is 23.5 Å². The Bertz CT molecular complexity index is 1470. The van der Waals surface area contributed by atoms with Gasteiger partial charge in [-0.15, -0.1) is 0 Å². The number of hydrogen-bond acceptors (Lipinski definition) is 11. The lowest BCUT2D eigenvalue weighted by atomic mass is 10.1. The molecular formula is C31H46N4O8Si2. The third-order valence-corrected chi connectivity index (χ3v) is 19.2. The smallest absolute Gasteiger partial charge is 0.338 e. The molecule has 4 heterocycles. The minimum atomic E-state index is -3.06. The Morgan fingerprint density at radius 3 is 2.11 bits per heavy atom. The molecule has 0 amide bonds. The zero-order valence-electron chi connectivity index (χ0n) is 27.8. The van der Waals surface area contributed by atoms with Gasteiger partial charge in [-0.25, -0.2) is 14.8 Å². The number of methoxy groups -OCH3 is 2. The lowest BCUT2D eigenvalue weighted by Gasteiger charge is -2.51. The third-order valence-electron chi connectivity index (χ3n) is 8.98. The van der Waals surface area contributed by atoms with Gasteiger partial charge >= 0.3 is 23.1 Å². The number of benzene rings is 1. The second-order valence-corrected chi connectivity index (χ2v) is 21.8. The molecule has 2 aromatic heterocycles. The molecule has 0 unspecified atom stereocenters. The summed E-state index contributed by atoms with van der Waals surface area (Å²) < 4.78 is 47.2. The molecule has 0 spiro atoms. The second-order valence-electron chi connectivity index (χ2n) is 12.9. The van der Waals surface area contributed by atoms with E-state index in [9.17, 15) is 4.79 Å².